The van der Waals surface area contributed by atoms with Crippen LogP contribution >= 0.6 is 0 Å². The van der Waals surface area contributed by atoms with Gasteiger partial charge in [0.2, 0.25) is 0 Å². The zero-order chi connectivity index (χ0) is 15.2. The zero-order valence-corrected chi connectivity index (χ0v) is 12.3. The van der Waals surface area contributed by atoms with E-state index in [4.69, 9.17) is 0 Å². The topological polar surface area (TPSA) is 62.0 Å². The maximum Gasteiger partial charge on any atom is 0.260 e. The summed E-state index contributed by atoms with van der Waals surface area (Å²) in [5.74, 6) is -0.322. The molecule has 1 aromatic heterocycles. The summed E-state index contributed by atoms with van der Waals surface area (Å²) in [6.07, 6.45) is 1.73. The Morgan fingerprint density at radius 2 is 1.90 bits per heavy atom. The summed E-state index contributed by atoms with van der Waals surface area (Å²) in [6, 6.07) is 13.4. The van der Waals surface area contributed by atoms with E-state index in [0.29, 0.717) is 0 Å². The third kappa shape index (κ3) is 4.31. The Balaban J connectivity index is 1.91. The van der Waals surface area contributed by atoms with Gasteiger partial charge in [-0.1, -0.05) is 30.3 Å². The van der Waals surface area contributed by atoms with Gasteiger partial charge in [-0.3, -0.25) is 9.59 Å². The molecule has 4 heteroatoms. The van der Waals surface area contributed by atoms with Crippen LogP contribution in [0.25, 0.3) is 0 Å². The number of aromatic amines is 1. The second kappa shape index (κ2) is 6.88. The molecule has 21 heavy (non-hydrogen) atoms. The van der Waals surface area contributed by atoms with Crippen LogP contribution < -0.4 is 10.9 Å². The number of aryl methyl sites for hydroxylation is 2. The van der Waals surface area contributed by atoms with E-state index >= 15 is 0 Å². The molecule has 2 rings (SSSR count). The highest BCUT2D eigenvalue weighted by atomic mass is 16.2. The SMILES string of the molecule is Cc1ccc(C(=O)NC(C)CCc2ccccc2)c(=O)[nH]1. The van der Waals surface area contributed by atoms with Crippen molar-refractivity contribution in [1.29, 1.82) is 0 Å². The number of hydrogen-bond acceptors (Lipinski definition) is 2. The minimum Gasteiger partial charge on any atom is -0.349 e. The van der Waals surface area contributed by atoms with Gasteiger partial charge in [-0.05, 0) is 44.4 Å². The minimum atomic E-state index is -0.345. The van der Waals surface area contributed by atoms with Crippen molar-refractivity contribution in [2.45, 2.75) is 32.7 Å². The molecule has 0 saturated heterocycles. The summed E-state index contributed by atoms with van der Waals surface area (Å²) in [5, 5.41) is 2.87. The Kier molecular flexibility index (Phi) is 4.93. The van der Waals surface area contributed by atoms with Crippen LogP contribution in [0.2, 0.25) is 0 Å². The Labute approximate surface area is 124 Å². The fourth-order valence-corrected chi connectivity index (χ4v) is 2.15. The molecule has 1 heterocycles. The molecule has 110 valence electrons. The van der Waals surface area contributed by atoms with E-state index in [-0.39, 0.29) is 23.1 Å². The summed E-state index contributed by atoms with van der Waals surface area (Å²) < 4.78 is 0. The van der Waals surface area contributed by atoms with Crippen molar-refractivity contribution in [3.63, 3.8) is 0 Å². The molecule has 0 saturated carbocycles. The Morgan fingerprint density at radius 3 is 2.57 bits per heavy atom. The van der Waals surface area contributed by atoms with Crippen molar-refractivity contribution < 1.29 is 4.79 Å². The molecular formula is C17H20N2O2. The highest BCUT2D eigenvalue weighted by Gasteiger charge is 2.13. The molecule has 0 radical (unpaired) electrons. The molecule has 0 aliphatic rings. The van der Waals surface area contributed by atoms with Crippen molar-refractivity contribution in [2.75, 3.05) is 0 Å². The second-order valence-corrected chi connectivity index (χ2v) is 5.28. The standard InChI is InChI=1S/C17H20N2O2/c1-12(8-10-14-6-4-3-5-7-14)18-16(20)15-11-9-13(2)19-17(15)21/h3-7,9,11-12H,8,10H2,1-2H3,(H,18,20)(H,19,21). The molecule has 2 aromatic rings. The lowest BCUT2D eigenvalue weighted by Crippen LogP contribution is -2.36. The van der Waals surface area contributed by atoms with Crippen molar-refractivity contribution in [3.8, 4) is 0 Å². The fraction of sp³-hybridized carbons (Fsp3) is 0.294. The van der Waals surface area contributed by atoms with Gasteiger partial charge in [-0.25, -0.2) is 0 Å². The lowest BCUT2D eigenvalue weighted by atomic mass is 10.1. The van der Waals surface area contributed by atoms with E-state index in [0.717, 1.165) is 18.5 Å². The normalized spacial score (nSPS) is 11.9. The van der Waals surface area contributed by atoms with Gasteiger partial charge in [0, 0.05) is 11.7 Å². The first-order valence-electron chi connectivity index (χ1n) is 7.11. The summed E-state index contributed by atoms with van der Waals surface area (Å²) in [6.45, 7) is 3.73. The average Bonchev–Trinajstić information content (AvgIpc) is 2.46. The number of pyridine rings is 1. The number of rotatable bonds is 5. The number of hydrogen-bond donors (Lipinski definition) is 2. The molecule has 0 spiro atoms. The van der Waals surface area contributed by atoms with Crippen molar-refractivity contribution >= 4 is 5.91 Å². The third-order valence-corrected chi connectivity index (χ3v) is 3.39. The van der Waals surface area contributed by atoms with E-state index in [1.165, 1.54) is 5.56 Å². The van der Waals surface area contributed by atoms with Crippen molar-refractivity contribution in [1.82, 2.24) is 10.3 Å². The summed E-state index contributed by atoms with van der Waals surface area (Å²) in [5.41, 5.74) is 1.80. The van der Waals surface area contributed by atoms with Crippen LogP contribution in [-0.4, -0.2) is 16.9 Å². The van der Waals surface area contributed by atoms with Crippen LogP contribution in [0, 0.1) is 6.92 Å². The molecule has 0 bridgehead atoms. The Hall–Kier alpha value is -2.36. The first-order chi connectivity index (χ1) is 10.1. The summed E-state index contributed by atoms with van der Waals surface area (Å²) in [7, 11) is 0. The third-order valence-electron chi connectivity index (χ3n) is 3.39. The van der Waals surface area contributed by atoms with E-state index < -0.39 is 0 Å². The van der Waals surface area contributed by atoms with Crippen LogP contribution in [0.5, 0.6) is 0 Å². The second-order valence-electron chi connectivity index (χ2n) is 5.28. The van der Waals surface area contributed by atoms with Crippen molar-refractivity contribution in [3.05, 3.63) is 69.6 Å². The summed E-state index contributed by atoms with van der Waals surface area (Å²) in [4.78, 5) is 26.4. The highest BCUT2D eigenvalue weighted by molar-refractivity contribution is 5.93. The van der Waals surface area contributed by atoms with Gasteiger partial charge in [0.05, 0.1) is 0 Å². The van der Waals surface area contributed by atoms with Gasteiger partial charge in [0.25, 0.3) is 11.5 Å². The lowest BCUT2D eigenvalue weighted by molar-refractivity contribution is 0.0937. The number of carbonyl (C=O) groups is 1. The minimum absolute atomic E-state index is 0.0124. The van der Waals surface area contributed by atoms with E-state index in [2.05, 4.69) is 22.4 Å². The first kappa shape index (κ1) is 15.0. The number of H-pyrrole nitrogens is 1. The van der Waals surface area contributed by atoms with Crippen LogP contribution in [0.1, 0.15) is 35.0 Å². The van der Waals surface area contributed by atoms with Gasteiger partial charge in [0.15, 0.2) is 0 Å². The molecule has 1 unspecified atom stereocenters. The number of benzene rings is 1. The molecule has 0 aliphatic carbocycles. The molecule has 1 aromatic carbocycles. The summed E-state index contributed by atoms with van der Waals surface area (Å²) >= 11 is 0. The lowest BCUT2D eigenvalue weighted by Gasteiger charge is -2.13. The smallest absolute Gasteiger partial charge is 0.260 e. The van der Waals surface area contributed by atoms with E-state index in [1.807, 2.05) is 25.1 Å². The maximum atomic E-state index is 12.1. The number of amides is 1. The molecule has 0 aliphatic heterocycles. The maximum absolute atomic E-state index is 12.1. The highest BCUT2D eigenvalue weighted by Crippen LogP contribution is 2.05. The zero-order valence-electron chi connectivity index (χ0n) is 12.3. The molecule has 1 atom stereocenters. The molecule has 2 N–H and O–H groups in total. The Morgan fingerprint density at radius 1 is 1.19 bits per heavy atom. The van der Waals surface area contributed by atoms with E-state index in [1.54, 1.807) is 19.1 Å². The molecular weight excluding hydrogens is 264 g/mol. The van der Waals surface area contributed by atoms with Gasteiger partial charge in [-0.2, -0.15) is 0 Å². The largest absolute Gasteiger partial charge is 0.349 e. The quantitative estimate of drug-likeness (QED) is 0.886. The predicted octanol–water partition coefficient (Wildman–Crippen LogP) is 2.43. The number of aromatic nitrogens is 1. The van der Waals surface area contributed by atoms with Gasteiger partial charge < -0.3 is 10.3 Å². The van der Waals surface area contributed by atoms with Gasteiger partial charge in [0.1, 0.15) is 5.56 Å². The van der Waals surface area contributed by atoms with Crippen LogP contribution in [-0.2, 0) is 6.42 Å². The van der Waals surface area contributed by atoms with Crippen LogP contribution in [0.3, 0.4) is 0 Å². The van der Waals surface area contributed by atoms with E-state index in [9.17, 15) is 9.59 Å². The predicted molar refractivity (Wildman–Crippen MR) is 83.5 cm³/mol. The number of carbonyl (C=O) groups excluding carboxylic acids is 1. The molecule has 0 fully saturated rings. The monoisotopic (exact) mass is 284 g/mol. The van der Waals surface area contributed by atoms with Gasteiger partial charge in [-0.15, -0.1) is 0 Å². The fourth-order valence-electron chi connectivity index (χ4n) is 2.15. The van der Waals surface area contributed by atoms with Gasteiger partial charge >= 0.3 is 0 Å². The Bertz CT molecular complexity index is 662. The van der Waals surface area contributed by atoms with Crippen LogP contribution in [0.15, 0.2) is 47.3 Å². The van der Waals surface area contributed by atoms with Crippen molar-refractivity contribution in [2.24, 2.45) is 0 Å². The average molecular weight is 284 g/mol. The van der Waals surface area contributed by atoms with Crippen LogP contribution in [0.4, 0.5) is 0 Å². The molecule has 1 amide bonds. The first-order valence-corrected chi connectivity index (χ1v) is 7.11. The molecule has 4 nitrogen and oxygen atoms in total. The number of nitrogens with one attached hydrogen (secondary N) is 2.